The Morgan fingerprint density at radius 2 is 2.22 bits per heavy atom. The van der Waals surface area contributed by atoms with Crippen molar-refractivity contribution in [1.29, 1.82) is 0 Å². The molecule has 0 radical (unpaired) electrons. The van der Waals surface area contributed by atoms with Gasteiger partial charge in [-0.3, -0.25) is 0 Å². The van der Waals surface area contributed by atoms with E-state index in [9.17, 15) is 5.11 Å². The highest BCUT2D eigenvalue weighted by Crippen LogP contribution is 2.29. The summed E-state index contributed by atoms with van der Waals surface area (Å²) < 4.78 is 11.6. The van der Waals surface area contributed by atoms with Gasteiger partial charge in [0.15, 0.2) is 5.76 Å². The van der Waals surface area contributed by atoms with Crippen LogP contribution in [0.2, 0.25) is 0 Å². The molecular weight excluding hydrogens is 298 g/mol. The van der Waals surface area contributed by atoms with Gasteiger partial charge in [0, 0.05) is 16.1 Å². The quantitative estimate of drug-likeness (QED) is 0.940. The first kappa shape index (κ1) is 13.1. The minimum atomic E-state index is -0.589. The monoisotopic (exact) mass is 311 g/mol. The second-order valence-corrected chi connectivity index (χ2v) is 5.00. The highest BCUT2D eigenvalue weighted by Gasteiger charge is 2.11. The van der Waals surface area contributed by atoms with Crippen molar-refractivity contribution in [2.75, 3.05) is 0 Å². The number of aliphatic hydroxyl groups excluding tert-OH is 1. The fourth-order valence-electron chi connectivity index (χ4n) is 1.61. The van der Waals surface area contributed by atoms with E-state index < -0.39 is 6.10 Å². The number of hydrogen-bond acceptors (Lipinski definition) is 4. The molecule has 0 saturated carbocycles. The molecule has 96 valence electrons. The van der Waals surface area contributed by atoms with Gasteiger partial charge in [0.2, 0.25) is 0 Å². The average Bonchev–Trinajstić information content (AvgIpc) is 2.73. The summed E-state index contributed by atoms with van der Waals surface area (Å²) in [6, 6.07) is 7.34. The summed E-state index contributed by atoms with van der Waals surface area (Å²) in [6.45, 7) is 3.85. The number of hydrogen-bond donors (Lipinski definition) is 1. The van der Waals surface area contributed by atoms with E-state index in [4.69, 9.17) is 9.26 Å². The fraction of sp³-hybridized carbons (Fsp3) is 0.308. The smallest absolute Gasteiger partial charge is 0.174 e. The Balaban J connectivity index is 2.13. The Hall–Kier alpha value is -1.33. The summed E-state index contributed by atoms with van der Waals surface area (Å²) in [7, 11) is 0. The first-order chi connectivity index (χ1) is 8.56. The summed E-state index contributed by atoms with van der Waals surface area (Å²) in [6.07, 6.45) is -0.589. The van der Waals surface area contributed by atoms with Gasteiger partial charge < -0.3 is 14.4 Å². The Bertz CT molecular complexity index is 537. The lowest BCUT2D eigenvalue weighted by atomic mass is 10.1. The molecule has 1 heterocycles. The molecule has 2 aromatic rings. The van der Waals surface area contributed by atoms with Gasteiger partial charge in [0.25, 0.3) is 0 Å². The van der Waals surface area contributed by atoms with Crippen LogP contribution in [0.3, 0.4) is 0 Å². The molecule has 0 amide bonds. The van der Waals surface area contributed by atoms with Gasteiger partial charge in [-0.2, -0.15) is 0 Å². The molecule has 0 aliphatic heterocycles. The molecule has 18 heavy (non-hydrogen) atoms. The normalized spacial score (nSPS) is 12.4. The maximum Gasteiger partial charge on any atom is 0.174 e. The third-order valence-electron chi connectivity index (χ3n) is 2.47. The lowest BCUT2D eigenvalue weighted by molar-refractivity contribution is 0.186. The van der Waals surface area contributed by atoms with Gasteiger partial charge >= 0.3 is 0 Å². The molecule has 1 atom stereocenters. The van der Waals surface area contributed by atoms with Crippen molar-refractivity contribution < 1.29 is 14.4 Å². The maximum absolute atomic E-state index is 9.69. The van der Waals surface area contributed by atoms with Crippen molar-refractivity contribution in [3.8, 4) is 5.75 Å². The Kier molecular flexibility index (Phi) is 4.04. The molecule has 0 fully saturated rings. The van der Waals surface area contributed by atoms with E-state index in [1.807, 2.05) is 31.2 Å². The van der Waals surface area contributed by atoms with Crippen LogP contribution in [0.25, 0.3) is 0 Å². The van der Waals surface area contributed by atoms with Crippen LogP contribution in [-0.4, -0.2) is 10.3 Å². The second-order valence-electron chi connectivity index (χ2n) is 4.08. The van der Waals surface area contributed by atoms with Gasteiger partial charge in [-0.15, -0.1) is 0 Å². The standard InChI is InChI=1S/C13H14BrNO3/c1-8-5-11(18-15-8)7-17-13-4-3-10(14)6-12(13)9(2)16/h3-6,9,16H,7H2,1-2H3/t9-/m0/s1. The Morgan fingerprint density at radius 3 is 2.83 bits per heavy atom. The number of benzene rings is 1. The zero-order valence-corrected chi connectivity index (χ0v) is 11.8. The Morgan fingerprint density at radius 1 is 1.44 bits per heavy atom. The van der Waals surface area contributed by atoms with Crippen molar-refractivity contribution in [3.05, 3.63) is 45.8 Å². The van der Waals surface area contributed by atoms with E-state index in [2.05, 4.69) is 21.1 Å². The van der Waals surface area contributed by atoms with Crippen LogP contribution >= 0.6 is 15.9 Å². The van der Waals surface area contributed by atoms with E-state index in [1.165, 1.54) is 0 Å². The highest BCUT2D eigenvalue weighted by atomic mass is 79.9. The molecule has 0 aliphatic rings. The summed E-state index contributed by atoms with van der Waals surface area (Å²) in [4.78, 5) is 0. The van der Waals surface area contributed by atoms with E-state index in [0.29, 0.717) is 18.1 Å². The number of aliphatic hydroxyl groups is 1. The van der Waals surface area contributed by atoms with Crippen LogP contribution in [0.1, 0.15) is 30.0 Å². The van der Waals surface area contributed by atoms with Gasteiger partial charge in [0.1, 0.15) is 12.4 Å². The van der Waals surface area contributed by atoms with Gasteiger partial charge in [-0.05, 0) is 32.0 Å². The minimum absolute atomic E-state index is 0.294. The third-order valence-corrected chi connectivity index (χ3v) is 2.96. The predicted molar refractivity (Wildman–Crippen MR) is 70.3 cm³/mol. The van der Waals surface area contributed by atoms with Crippen LogP contribution < -0.4 is 4.74 Å². The number of halogens is 1. The summed E-state index contributed by atoms with van der Waals surface area (Å²) in [5.41, 5.74) is 1.56. The molecule has 0 bridgehead atoms. The molecule has 0 aliphatic carbocycles. The van der Waals surface area contributed by atoms with E-state index in [0.717, 1.165) is 15.7 Å². The number of rotatable bonds is 4. The Labute approximate surface area is 114 Å². The first-order valence-corrected chi connectivity index (χ1v) is 6.38. The van der Waals surface area contributed by atoms with Gasteiger partial charge in [0.05, 0.1) is 11.8 Å². The molecular formula is C13H14BrNO3. The van der Waals surface area contributed by atoms with Crippen molar-refractivity contribution in [2.24, 2.45) is 0 Å². The molecule has 0 spiro atoms. The molecule has 1 N–H and O–H groups in total. The van der Waals surface area contributed by atoms with Crippen LogP contribution in [0.4, 0.5) is 0 Å². The van der Waals surface area contributed by atoms with Crippen LogP contribution in [0.5, 0.6) is 5.75 Å². The molecule has 1 aromatic heterocycles. The zero-order valence-electron chi connectivity index (χ0n) is 10.2. The second kappa shape index (κ2) is 5.54. The number of aromatic nitrogens is 1. The third kappa shape index (κ3) is 3.11. The summed E-state index contributed by atoms with van der Waals surface area (Å²) in [5, 5.41) is 13.5. The van der Waals surface area contributed by atoms with E-state index in [-0.39, 0.29) is 0 Å². The van der Waals surface area contributed by atoms with Gasteiger partial charge in [-0.1, -0.05) is 21.1 Å². The average molecular weight is 312 g/mol. The predicted octanol–water partition coefficient (Wildman–Crippen LogP) is 3.38. The molecule has 1 aromatic carbocycles. The molecule has 0 unspecified atom stereocenters. The van der Waals surface area contributed by atoms with Crippen molar-refractivity contribution in [3.63, 3.8) is 0 Å². The SMILES string of the molecule is Cc1cc(COc2ccc(Br)cc2[C@H](C)O)on1. The van der Waals surface area contributed by atoms with E-state index in [1.54, 1.807) is 6.92 Å². The first-order valence-electron chi connectivity index (χ1n) is 5.59. The van der Waals surface area contributed by atoms with Crippen molar-refractivity contribution in [2.45, 2.75) is 26.6 Å². The lowest BCUT2D eigenvalue weighted by Crippen LogP contribution is -2.00. The van der Waals surface area contributed by atoms with Crippen LogP contribution in [0, 0.1) is 6.92 Å². The van der Waals surface area contributed by atoms with Gasteiger partial charge in [-0.25, -0.2) is 0 Å². The molecule has 2 rings (SSSR count). The summed E-state index contributed by atoms with van der Waals surface area (Å²) >= 11 is 3.37. The largest absolute Gasteiger partial charge is 0.485 e. The number of nitrogens with zero attached hydrogens (tertiary/aromatic N) is 1. The van der Waals surface area contributed by atoms with E-state index >= 15 is 0 Å². The van der Waals surface area contributed by atoms with Crippen LogP contribution in [-0.2, 0) is 6.61 Å². The molecule has 0 saturated heterocycles. The fourth-order valence-corrected chi connectivity index (χ4v) is 1.99. The summed E-state index contributed by atoms with van der Waals surface area (Å²) in [5.74, 6) is 1.30. The lowest BCUT2D eigenvalue weighted by Gasteiger charge is -2.12. The molecule has 4 nitrogen and oxygen atoms in total. The minimum Gasteiger partial charge on any atom is -0.485 e. The topological polar surface area (TPSA) is 55.5 Å². The highest BCUT2D eigenvalue weighted by molar-refractivity contribution is 9.10. The maximum atomic E-state index is 9.69. The van der Waals surface area contributed by atoms with Crippen LogP contribution in [0.15, 0.2) is 33.3 Å². The number of aryl methyl sites for hydroxylation is 1. The molecule has 5 heteroatoms. The van der Waals surface area contributed by atoms with Crippen molar-refractivity contribution >= 4 is 15.9 Å². The van der Waals surface area contributed by atoms with Crippen molar-refractivity contribution in [1.82, 2.24) is 5.16 Å². The zero-order chi connectivity index (χ0) is 13.1. The number of ether oxygens (including phenoxy) is 1.